The number of nitrogens with zero attached hydrogens (tertiary/aromatic N) is 1. The van der Waals surface area contributed by atoms with Gasteiger partial charge in [0.2, 0.25) is 0 Å². The number of hydrogen-bond acceptors (Lipinski definition) is 1. The first kappa shape index (κ1) is 18.2. The Morgan fingerprint density at radius 3 is 1.70 bits per heavy atom. The van der Waals surface area contributed by atoms with Crippen LogP contribution in [0.15, 0.2) is 24.5 Å². The van der Waals surface area contributed by atoms with Crippen LogP contribution >= 0.6 is 34.8 Å². The fourth-order valence-electron chi connectivity index (χ4n) is 1.92. The van der Waals surface area contributed by atoms with E-state index < -0.39 is 39.6 Å². The van der Waals surface area contributed by atoms with E-state index in [1.807, 2.05) is 0 Å². The topological polar surface area (TPSA) is 12.9 Å². The quantitative estimate of drug-likeness (QED) is 0.385. The Morgan fingerprint density at radius 1 is 0.783 bits per heavy atom. The summed E-state index contributed by atoms with van der Waals surface area (Å²) in [6.45, 7) is 0. The minimum atomic E-state index is -5.08. The van der Waals surface area contributed by atoms with E-state index in [-0.39, 0.29) is 22.4 Å². The summed E-state index contributed by atoms with van der Waals surface area (Å²) in [6, 6.07) is 1.99. The van der Waals surface area contributed by atoms with Crippen molar-refractivity contribution in [1.29, 1.82) is 0 Å². The van der Waals surface area contributed by atoms with E-state index in [0.717, 1.165) is 12.1 Å². The molecular formula is C13H4Cl3F6N. The van der Waals surface area contributed by atoms with Crippen LogP contribution < -0.4 is 0 Å². The summed E-state index contributed by atoms with van der Waals surface area (Å²) >= 11 is 17.2. The van der Waals surface area contributed by atoms with E-state index in [1.165, 1.54) is 0 Å². The minimum Gasteiger partial charge on any atom is -0.263 e. The molecule has 1 aromatic heterocycles. The van der Waals surface area contributed by atoms with Gasteiger partial charge >= 0.3 is 12.4 Å². The molecule has 0 aliphatic carbocycles. The van der Waals surface area contributed by atoms with Gasteiger partial charge in [0.15, 0.2) is 0 Å². The van der Waals surface area contributed by atoms with Crippen LogP contribution in [0.3, 0.4) is 0 Å². The molecule has 10 heteroatoms. The zero-order valence-corrected chi connectivity index (χ0v) is 12.9. The van der Waals surface area contributed by atoms with Crippen LogP contribution in [0, 0.1) is 0 Å². The molecule has 0 bridgehead atoms. The first-order valence-electron chi connectivity index (χ1n) is 5.70. The van der Waals surface area contributed by atoms with Gasteiger partial charge in [-0.15, -0.1) is 0 Å². The van der Waals surface area contributed by atoms with Crippen molar-refractivity contribution in [2.75, 3.05) is 0 Å². The Balaban J connectivity index is 2.95. The van der Waals surface area contributed by atoms with Crippen LogP contribution in [-0.2, 0) is 12.4 Å². The molecule has 1 heterocycles. The summed E-state index contributed by atoms with van der Waals surface area (Å²) in [6.07, 6.45) is -9.59. The van der Waals surface area contributed by atoms with Gasteiger partial charge in [-0.05, 0) is 12.1 Å². The first-order valence-corrected chi connectivity index (χ1v) is 6.83. The lowest BCUT2D eigenvalue weighted by atomic mass is 9.96. The number of aromatic nitrogens is 1. The fourth-order valence-corrected chi connectivity index (χ4v) is 2.62. The van der Waals surface area contributed by atoms with Gasteiger partial charge in [-0.1, -0.05) is 34.8 Å². The molecular weight excluding hydrogens is 390 g/mol. The van der Waals surface area contributed by atoms with Crippen LogP contribution in [0.4, 0.5) is 26.3 Å². The molecule has 0 fully saturated rings. The van der Waals surface area contributed by atoms with Gasteiger partial charge in [0.25, 0.3) is 0 Å². The van der Waals surface area contributed by atoms with Gasteiger partial charge in [-0.25, -0.2) is 0 Å². The van der Waals surface area contributed by atoms with Gasteiger partial charge < -0.3 is 0 Å². The van der Waals surface area contributed by atoms with Crippen LogP contribution in [0.2, 0.25) is 15.1 Å². The Kier molecular flexibility index (Phi) is 4.76. The highest BCUT2D eigenvalue weighted by Gasteiger charge is 2.42. The van der Waals surface area contributed by atoms with Gasteiger partial charge in [0.05, 0.1) is 21.2 Å². The predicted octanol–water partition coefficient (Wildman–Crippen LogP) is 6.75. The van der Waals surface area contributed by atoms with Crippen LogP contribution in [-0.4, -0.2) is 4.98 Å². The number of rotatable bonds is 1. The molecule has 0 aliphatic rings. The van der Waals surface area contributed by atoms with Crippen molar-refractivity contribution < 1.29 is 26.3 Å². The van der Waals surface area contributed by atoms with Crippen LogP contribution in [0.1, 0.15) is 11.1 Å². The second kappa shape index (κ2) is 6.03. The van der Waals surface area contributed by atoms with Crippen molar-refractivity contribution in [3.8, 4) is 11.1 Å². The fraction of sp³-hybridized carbons (Fsp3) is 0.154. The zero-order chi connectivity index (χ0) is 17.6. The summed E-state index contributed by atoms with van der Waals surface area (Å²) in [5, 5.41) is -0.905. The number of alkyl halides is 6. The highest BCUT2D eigenvalue weighted by Crippen LogP contribution is 2.47. The largest absolute Gasteiger partial charge is 0.418 e. The predicted molar refractivity (Wildman–Crippen MR) is 74.7 cm³/mol. The van der Waals surface area contributed by atoms with E-state index in [4.69, 9.17) is 34.8 Å². The standard InChI is InChI=1S/C13H4Cl3F6N/c14-5-1-6(11(16)9(15)2-5)10-7(12(17,18)19)3-23-4-8(10)13(20,21)22/h1-4H. The monoisotopic (exact) mass is 393 g/mol. The molecule has 0 saturated heterocycles. The number of benzene rings is 1. The molecule has 2 rings (SSSR count). The van der Waals surface area contributed by atoms with Crippen molar-refractivity contribution >= 4 is 34.8 Å². The Labute approximate surface area is 140 Å². The Morgan fingerprint density at radius 2 is 1.26 bits per heavy atom. The Bertz CT molecular complexity index is 722. The lowest BCUT2D eigenvalue weighted by molar-refractivity contribution is -0.142. The van der Waals surface area contributed by atoms with Crippen molar-refractivity contribution in [3.63, 3.8) is 0 Å². The summed E-state index contributed by atoms with van der Waals surface area (Å²) in [4.78, 5) is 3.03. The van der Waals surface area contributed by atoms with Gasteiger partial charge in [0.1, 0.15) is 0 Å². The lowest BCUT2D eigenvalue weighted by Crippen LogP contribution is -2.15. The molecule has 0 aliphatic heterocycles. The van der Waals surface area contributed by atoms with Crippen molar-refractivity contribution in [2.24, 2.45) is 0 Å². The van der Waals surface area contributed by atoms with Crippen LogP contribution in [0.5, 0.6) is 0 Å². The molecule has 0 N–H and O–H groups in total. The Hall–Kier alpha value is -1.18. The molecule has 0 radical (unpaired) electrons. The molecule has 124 valence electrons. The summed E-state index contributed by atoms with van der Waals surface area (Å²) in [5.74, 6) is 0. The van der Waals surface area contributed by atoms with Gasteiger partial charge in [0, 0.05) is 28.5 Å². The number of halogens is 9. The summed E-state index contributed by atoms with van der Waals surface area (Å²) in [5.41, 5.74) is -4.93. The smallest absolute Gasteiger partial charge is 0.263 e. The van der Waals surface area contributed by atoms with Gasteiger partial charge in [-0.3, -0.25) is 4.98 Å². The second-order valence-electron chi connectivity index (χ2n) is 4.35. The lowest BCUT2D eigenvalue weighted by Gasteiger charge is -2.19. The maximum Gasteiger partial charge on any atom is 0.418 e. The number of hydrogen-bond donors (Lipinski definition) is 0. The SMILES string of the molecule is FC(F)(F)c1cncc(C(F)(F)F)c1-c1cc(Cl)cc(Cl)c1Cl. The molecule has 0 saturated carbocycles. The number of pyridine rings is 1. The highest BCUT2D eigenvalue weighted by molar-refractivity contribution is 6.45. The second-order valence-corrected chi connectivity index (χ2v) is 5.58. The third kappa shape index (κ3) is 3.67. The minimum absolute atomic E-state index is 0.160. The molecule has 0 atom stereocenters. The average Bonchev–Trinajstić information content (AvgIpc) is 2.40. The van der Waals surface area contributed by atoms with E-state index in [0.29, 0.717) is 0 Å². The molecule has 1 aromatic carbocycles. The van der Waals surface area contributed by atoms with E-state index >= 15 is 0 Å². The summed E-state index contributed by atoms with van der Waals surface area (Å²) < 4.78 is 78.7. The third-order valence-corrected chi connectivity index (χ3v) is 3.84. The van der Waals surface area contributed by atoms with Crippen molar-refractivity contribution in [2.45, 2.75) is 12.4 Å². The van der Waals surface area contributed by atoms with E-state index in [9.17, 15) is 26.3 Å². The molecule has 0 spiro atoms. The first-order chi connectivity index (χ1) is 10.4. The molecule has 1 nitrogen and oxygen atoms in total. The van der Waals surface area contributed by atoms with Crippen LogP contribution in [0.25, 0.3) is 11.1 Å². The molecule has 2 aromatic rings. The molecule has 0 unspecified atom stereocenters. The average molecular weight is 395 g/mol. The normalized spacial score (nSPS) is 12.6. The maximum absolute atomic E-state index is 13.1. The highest BCUT2D eigenvalue weighted by atomic mass is 35.5. The van der Waals surface area contributed by atoms with Crippen molar-refractivity contribution in [3.05, 3.63) is 50.7 Å². The van der Waals surface area contributed by atoms with E-state index in [2.05, 4.69) is 4.98 Å². The summed E-state index contributed by atoms with van der Waals surface area (Å²) in [7, 11) is 0. The van der Waals surface area contributed by atoms with Gasteiger partial charge in [-0.2, -0.15) is 26.3 Å². The van der Waals surface area contributed by atoms with Crippen molar-refractivity contribution in [1.82, 2.24) is 4.98 Å². The molecule has 23 heavy (non-hydrogen) atoms. The zero-order valence-electron chi connectivity index (χ0n) is 10.7. The molecule has 0 amide bonds. The maximum atomic E-state index is 13.1. The third-order valence-electron chi connectivity index (χ3n) is 2.82. The van der Waals surface area contributed by atoms with E-state index in [1.54, 1.807) is 0 Å².